The number of aliphatic hydroxyl groups excluding tert-OH is 1. The van der Waals surface area contributed by atoms with Crippen molar-refractivity contribution in [3.63, 3.8) is 0 Å². The highest BCUT2D eigenvalue weighted by Crippen LogP contribution is 2.22. The number of carbonyl (C=O) groups excluding carboxylic acids is 2. The van der Waals surface area contributed by atoms with Gasteiger partial charge in [0.05, 0.1) is 6.10 Å². The van der Waals surface area contributed by atoms with E-state index in [0.717, 1.165) is 19.3 Å². The molecule has 6 heteroatoms. The van der Waals surface area contributed by atoms with Gasteiger partial charge in [-0.05, 0) is 19.8 Å². The van der Waals surface area contributed by atoms with Crippen molar-refractivity contribution in [3.8, 4) is 0 Å². The molecule has 4 atom stereocenters. The zero-order valence-corrected chi connectivity index (χ0v) is 11.7. The molecule has 110 valence electrons. The van der Waals surface area contributed by atoms with Gasteiger partial charge in [-0.25, -0.2) is 0 Å². The standard InChI is InChI=1S/C13H25N3O3/c1-8(4-3-5-9(2)14)13(19)16-7-10(17)6-11(16)12(15)18/h8-11,17H,3-7,14H2,1-2H3,(H2,15,18). The number of amides is 2. The minimum atomic E-state index is -0.668. The van der Waals surface area contributed by atoms with Gasteiger partial charge < -0.3 is 21.5 Å². The van der Waals surface area contributed by atoms with Crippen LogP contribution in [-0.2, 0) is 9.59 Å². The van der Waals surface area contributed by atoms with E-state index < -0.39 is 18.1 Å². The molecule has 2 amide bonds. The number of hydrogen-bond donors (Lipinski definition) is 3. The quantitative estimate of drug-likeness (QED) is 0.610. The van der Waals surface area contributed by atoms with Crippen molar-refractivity contribution in [2.75, 3.05) is 6.54 Å². The second-order valence-electron chi connectivity index (χ2n) is 5.61. The fourth-order valence-corrected chi connectivity index (χ4v) is 2.48. The Labute approximate surface area is 114 Å². The molecule has 1 aliphatic rings. The minimum Gasteiger partial charge on any atom is -0.391 e. The molecular formula is C13H25N3O3. The maximum absolute atomic E-state index is 12.3. The molecule has 0 saturated carbocycles. The molecule has 1 aliphatic heterocycles. The number of nitrogens with two attached hydrogens (primary N) is 2. The van der Waals surface area contributed by atoms with Gasteiger partial charge in [0.25, 0.3) is 0 Å². The molecule has 0 aromatic carbocycles. The summed E-state index contributed by atoms with van der Waals surface area (Å²) in [7, 11) is 0. The number of nitrogens with zero attached hydrogens (tertiary/aromatic N) is 1. The fourth-order valence-electron chi connectivity index (χ4n) is 2.48. The Morgan fingerprint density at radius 2 is 2.00 bits per heavy atom. The lowest BCUT2D eigenvalue weighted by atomic mass is 10.0. The van der Waals surface area contributed by atoms with Crippen LogP contribution in [-0.4, -0.2) is 46.6 Å². The lowest BCUT2D eigenvalue weighted by Crippen LogP contribution is -2.45. The Hall–Kier alpha value is -1.14. The predicted octanol–water partition coefficient (Wildman–Crippen LogP) is -0.413. The van der Waals surface area contributed by atoms with Crippen LogP contribution in [0, 0.1) is 5.92 Å². The lowest BCUT2D eigenvalue weighted by Gasteiger charge is -2.25. The summed E-state index contributed by atoms with van der Waals surface area (Å²) >= 11 is 0. The molecule has 0 aliphatic carbocycles. The van der Waals surface area contributed by atoms with Crippen molar-refractivity contribution in [1.29, 1.82) is 0 Å². The predicted molar refractivity (Wildman–Crippen MR) is 72.0 cm³/mol. The third-order valence-electron chi connectivity index (χ3n) is 3.61. The van der Waals surface area contributed by atoms with E-state index in [-0.39, 0.29) is 30.8 Å². The Morgan fingerprint density at radius 1 is 1.37 bits per heavy atom. The average molecular weight is 271 g/mol. The normalized spacial score (nSPS) is 26.2. The van der Waals surface area contributed by atoms with E-state index >= 15 is 0 Å². The van der Waals surface area contributed by atoms with Crippen LogP contribution < -0.4 is 11.5 Å². The zero-order chi connectivity index (χ0) is 14.6. The SMILES string of the molecule is CC(N)CCCC(C)C(=O)N1CC(O)CC1C(N)=O. The molecule has 19 heavy (non-hydrogen) atoms. The van der Waals surface area contributed by atoms with Crippen molar-refractivity contribution >= 4 is 11.8 Å². The molecule has 1 rings (SSSR count). The number of carbonyl (C=O) groups is 2. The smallest absolute Gasteiger partial charge is 0.240 e. The van der Waals surface area contributed by atoms with Gasteiger partial charge in [0.15, 0.2) is 0 Å². The largest absolute Gasteiger partial charge is 0.391 e. The Balaban J connectivity index is 2.53. The molecule has 0 aromatic heterocycles. The summed E-state index contributed by atoms with van der Waals surface area (Å²) in [5.74, 6) is -0.830. The first-order chi connectivity index (χ1) is 8.82. The number of likely N-dealkylation sites (tertiary alicyclic amines) is 1. The maximum atomic E-state index is 12.3. The van der Waals surface area contributed by atoms with Gasteiger partial charge in [-0.15, -0.1) is 0 Å². The van der Waals surface area contributed by atoms with Crippen LogP contribution >= 0.6 is 0 Å². The average Bonchev–Trinajstić information content (AvgIpc) is 2.69. The summed E-state index contributed by atoms with van der Waals surface area (Å²) in [5, 5.41) is 9.58. The fraction of sp³-hybridized carbons (Fsp3) is 0.846. The topological polar surface area (TPSA) is 110 Å². The van der Waals surface area contributed by atoms with E-state index in [9.17, 15) is 14.7 Å². The molecule has 0 radical (unpaired) electrons. The van der Waals surface area contributed by atoms with Crippen molar-refractivity contribution < 1.29 is 14.7 Å². The van der Waals surface area contributed by atoms with Crippen molar-refractivity contribution in [3.05, 3.63) is 0 Å². The molecule has 0 bridgehead atoms. The van der Waals surface area contributed by atoms with Gasteiger partial charge in [0, 0.05) is 24.9 Å². The van der Waals surface area contributed by atoms with Crippen LogP contribution in [0.1, 0.15) is 39.5 Å². The monoisotopic (exact) mass is 271 g/mol. The zero-order valence-electron chi connectivity index (χ0n) is 11.7. The van der Waals surface area contributed by atoms with Crippen molar-refractivity contribution in [1.82, 2.24) is 4.90 Å². The summed E-state index contributed by atoms with van der Waals surface area (Å²) < 4.78 is 0. The molecule has 0 spiro atoms. The second-order valence-corrected chi connectivity index (χ2v) is 5.61. The molecule has 1 saturated heterocycles. The van der Waals surface area contributed by atoms with E-state index in [1.54, 1.807) is 0 Å². The Kier molecular flexibility index (Phi) is 5.75. The third-order valence-corrected chi connectivity index (χ3v) is 3.61. The van der Waals surface area contributed by atoms with E-state index in [4.69, 9.17) is 11.5 Å². The molecule has 1 heterocycles. The molecule has 1 fully saturated rings. The molecule has 6 nitrogen and oxygen atoms in total. The highest BCUT2D eigenvalue weighted by molar-refractivity contribution is 5.88. The Bertz CT molecular complexity index is 333. The number of primary amides is 1. The maximum Gasteiger partial charge on any atom is 0.240 e. The first kappa shape index (κ1) is 15.9. The minimum absolute atomic E-state index is 0.106. The van der Waals surface area contributed by atoms with Gasteiger partial charge in [0.1, 0.15) is 6.04 Å². The highest BCUT2D eigenvalue weighted by Gasteiger charge is 2.38. The number of β-amino-alcohol motifs (C(OH)–C–C–N with tert-alkyl or cyclic N) is 1. The van der Waals surface area contributed by atoms with Crippen LogP contribution in [0.5, 0.6) is 0 Å². The second kappa shape index (κ2) is 6.86. The third kappa shape index (κ3) is 4.47. The lowest BCUT2D eigenvalue weighted by molar-refractivity contribution is -0.140. The molecule has 5 N–H and O–H groups in total. The van der Waals surface area contributed by atoms with E-state index in [1.165, 1.54) is 4.90 Å². The summed E-state index contributed by atoms with van der Waals surface area (Å²) in [5.41, 5.74) is 10.9. The first-order valence-corrected chi connectivity index (χ1v) is 6.86. The van der Waals surface area contributed by atoms with E-state index in [1.807, 2.05) is 13.8 Å². The van der Waals surface area contributed by atoms with Gasteiger partial charge in [-0.1, -0.05) is 13.3 Å². The molecule has 4 unspecified atom stereocenters. The first-order valence-electron chi connectivity index (χ1n) is 6.86. The van der Waals surface area contributed by atoms with E-state index in [0.29, 0.717) is 0 Å². The van der Waals surface area contributed by atoms with E-state index in [2.05, 4.69) is 0 Å². The van der Waals surface area contributed by atoms with Crippen LogP contribution in [0.2, 0.25) is 0 Å². The molecular weight excluding hydrogens is 246 g/mol. The van der Waals surface area contributed by atoms with Crippen LogP contribution in [0.15, 0.2) is 0 Å². The van der Waals surface area contributed by atoms with Gasteiger partial charge in [-0.3, -0.25) is 9.59 Å². The summed E-state index contributed by atoms with van der Waals surface area (Å²) in [4.78, 5) is 25.0. The van der Waals surface area contributed by atoms with Crippen LogP contribution in [0.4, 0.5) is 0 Å². The van der Waals surface area contributed by atoms with Crippen molar-refractivity contribution in [2.45, 2.75) is 57.7 Å². The summed E-state index contributed by atoms with van der Waals surface area (Å²) in [6, 6.07) is -0.535. The summed E-state index contributed by atoms with van der Waals surface area (Å²) in [6.07, 6.45) is 2.08. The summed E-state index contributed by atoms with van der Waals surface area (Å²) in [6.45, 7) is 3.97. The van der Waals surface area contributed by atoms with Crippen molar-refractivity contribution in [2.24, 2.45) is 17.4 Å². The molecule has 0 aromatic rings. The van der Waals surface area contributed by atoms with Crippen LogP contribution in [0.3, 0.4) is 0 Å². The Morgan fingerprint density at radius 3 is 2.53 bits per heavy atom. The number of rotatable bonds is 6. The van der Waals surface area contributed by atoms with Crippen LogP contribution in [0.25, 0.3) is 0 Å². The van der Waals surface area contributed by atoms with Gasteiger partial charge in [0.2, 0.25) is 11.8 Å². The van der Waals surface area contributed by atoms with Gasteiger partial charge >= 0.3 is 0 Å². The highest BCUT2D eigenvalue weighted by atomic mass is 16.3. The van der Waals surface area contributed by atoms with Gasteiger partial charge in [-0.2, -0.15) is 0 Å². The number of aliphatic hydroxyl groups is 1. The number of hydrogen-bond acceptors (Lipinski definition) is 4.